The van der Waals surface area contributed by atoms with Crippen molar-refractivity contribution in [3.63, 3.8) is 0 Å². The highest BCUT2D eigenvalue weighted by Gasteiger charge is 2.41. The molecule has 9 heteroatoms. The Morgan fingerprint density at radius 3 is 2.55 bits per heavy atom. The fourth-order valence-electron chi connectivity index (χ4n) is 4.39. The smallest absolute Gasteiger partial charge is 0.293 e. The molecular weight excluding hydrogens is 370 g/mol. The largest absolute Gasteiger partial charge is 0.348 e. The van der Waals surface area contributed by atoms with E-state index in [1.165, 1.54) is 4.57 Å². The predicted octanol–water partition coefficient (Wildman–Crippen LogP) is -0.102. The highest BCUT2D eigenvalue weighted by atomic mass is 16.2. The predicted molar refractivity (Wildman–Crippen MR) is 110 cm³/mol. The van der Waals surface area contributed by atoms with Crippen molar-refractivity contribution in [2.24, 2.45) is 20.0 Å². The molecule has 2 aromatic heterocycles. The molecule has 0 aliphatic carbocycles. The first-order chi connectivity index (χ1) is 14.0. The number of aryl methyl sites for hydroxylation is 2. The molecule has 0 bridgehead atoms. The molecule has 0 unspecified atom stereocenters. The van der Waals surface area contributed by atoms with Gasteiger partial charge in [-0.2, -0.15) is 0 Å². The van der Waals surface area contributed by atoms with Gasteiger partial charge in [0.25, 0.3) is 5.56 Å². The lowest BCUT2D eigenvalue weighted by Crippen LogP contribution is -2.52. The van der Waals surface area contributed by atoms with Crippen molar-refractivity contribution in [1.82, 2.24) is 28.9 Å². The lowest BCUT2D eigenvalue weighted by Gasteiger charge is -2.36. The zero-order valence-corrected chi connectivity index (χ0v) is 17.4. The summed E-state index contributed by atoms with van der Waals surface area (Å²) < 4.78 is 3.48. The van der Waals surface area contributed by atoms with Crippen molar-refractivity contribution in [3.05, 3.63) is 41.0 Å². The van der Waals surface area contributed by atoms with Crippen LogP contribution < -0.4 is 10.5 Å². The third kappa shape index (κ3) is 3.78. The number of hydrogen-bond acceptors (Lipinski definition) is 6. The summed E-state index contributed by atoms with van der Waals surface area (Å²) in [5, 5.41) is 0. The van der Waals surface area contributed by atoms with Crippen LogP contribution in [0.2, 0.25) is 0 Å². The average molecular weight is 399 g/mol. The van der Waals surface area contributed by atoms with Crippen molar-refractivity contribution < 1.29 is 4.79 Å². The van der Waals surface area contributed by atoms with Crippen molar-refractivity contribution >= 4 is 11.7 Å². The summed E-state index contributed by atoms with van der Waals surface area (Å²) >= 11 is 0. The van der Waals surface area contributed by atoms with E-state index in [1.54, 1.807) is 25.8 Å². The Kier molecular flexibility index (Phi) is 5.40. The van der Waals surface area contributed by atoms with Crippen molar-refractivity contribution in [2.45, 2.75) is 12.8 Å². The van der Waals surface area contributed by atoms with Crippen LogP contribution in [0.4, 0.5) is 5.82 Å². The van der Waals surface area contributed by atoms with E-state index < -0.39 is 0 Å². The molecule has 2 aromatic rings. The van der Waals surface area contributed by atoms with Gasteiger partial charge in [0, 0.05) is 77.9 Å². The van der Waals surface area contributed by atoms with Crippen LogP contribution in [0, 0.1) is 5.92 Å². The second kappa shape index (κ2) is 7.98. The summed E-state index contributed by atoms with van der Waals surface area (Å²) in [6.07, 6.45) is 7.13. The number of likely N-dealkylation sites (tertiary alicyclic amines) is 1. The highest BCUT2D eigenvalue weighted by molar-refractivity contribution is 5.81. The number of amides is 1. The lowest BCUT2D eigenvalue weighted by molar-refractivity contribution is -0.135. The third-order valence-corrected chi connectivity index (χ3v) is 6.15. The minimum atomic E-state index is -0.100. The van der Waals surface area contributed by atoms with Crippen LogP contribution in [0.5, 0.6) is 0 Å². The monoisotopic (exact) mass is 399 g/mol. The molecule has 0 aromatic carbocycles. The Bertz CT molecular complexity index is 929. The van der Waals surface area contributed by atoms with Crippen LogP contribution in [0.25, 0.3) is 0 Å². The number of rotatable bonds is 4. The summed E-state index contributed by atoms with van der Waals surface area (Å²) in [7, 11) is 3.69. The molecule has 2 atom stereocenters. The molecule has 2 fully saturated rings. The van der Waals surface area contributed by atoms with Gasteiger partial charge in [-0.15, -0.1) is 0 Å². The molecule has 0 N–H and O–H groups in total. The second-order valence-corrected chi connectivity index (χ2v) is 8.01. The fraction of sp³-hybridized carbons (Fsp3) is 0.600. The van der Waals surface area contributed by atoms with Gasteiger partial charge in [0.1, 0.15) is 0 Å². The Morgan fingerprint density at radius 2 is 1.90 bits per heavy atom. The number of carbonyl (C=O) groups excluding carboxylic acids is 1. The van der Waals surface area contributed by atoms with Gasteiger partial charge in [-0.3, -0.25) is 9.59 Å². The minimum Gasteiger partial charge on any atom is -0.348 e. The van der Waals surface area contributed by atoms with E-state index in [4.69, 9.17) is 0 Å². The molecule has 2 aliphatic heterocycles. The SMILES string of the molecule is CCN1C[C@@H](C(=O)N2CCN(c3nccn(C)c3=O)CC2)[C@H](c2cn(C)cn2)C1. The number of aromatic nitrogens is 4. The molecule has 0 saturated carbocycles. The normalized spacial score (nSPS) is 23.0. The van der Waals surface area contributed by atoms with E-state index in [9.17, 15) is 9.59 Å². The Labute approximate surface area is 170 Å². The third-order valence-electron chi connectivity index (χ3n) is 6.15. The van der Waals surface area contributed by atoms with Crippen molar-refractivity contribution in [3.8, 4) is 0 Å². The van der Waals surface area contributed by atoms with Gasteiger partial charge in [0.2, 0.25) is 5.91 Å². The highest BCUT2D eigenvalue weighted by Crippen LogP contribution is 2.33. The van der Waals surface area contributed by atoms with Crippen molar-refractivity contribution in [2.75, 3.05) is 50.7 Å². The van der Waals surface area contributed by atoms with E-state index in [0.29, 0.717) is 32.0 Å². The minimum absolute atomic E-state index is 0.0703. The first-order valence-electron chi connectivity index (χ1n) is 10.2. The summed E-state index contributed by atoms with van der Waals surface area (Å²) in [6, 6.07) is 0. The lowest BCUT2D eigenvalue weighted by atomic mass is 9.92. The molecule has 1 amide bonds. The average Bonchev–Trinajstić information content (AvgIpc) is 3.36. The van der Waals surface area contributed by atoms with Gasteiger partial charge < -0.3 is 23.8 Å². The number of piperazine rings is 1. The van der Waals surface area contributed by atoms with Gasteiger partial charge in [-0.25, -0.2) is 9.97 Å². The molecule has 29 heavy (non-hydrogen) atoms. The summed E-state index contributed by atoms with van der Waals surface area (Å²) in [5.74, 6) is 0.723. The summed E-state index contributed by atoms with van der Waals surface area (Å²) in [4.78, 5) is 40.8. The first-order valence-corrected chi connectivity index (χ1v) is 10.2. The van der Waals surface area contributed by atoms with Gasteiger partial charge in [-0.05, 0) is 6.54 Å². The molecule has 156 valence electrons. The number of likely N-dealkylation sites (N-methyl/N-ethyl adjacent to an activating group) is 1. The molecular formula is C20H29N7O2. The zero-order chi connectivity index (χ0) is 20.5. The maximum Gasteiger partial charge on any atom is 0.293 e. The molecule has 0 spiro atoms. The van der Waals surface area contributed by atoms with E-state index in [-0.39, 0.29) is 23.3 Å². The molecule has 9 nitrogen and oxygen atoms in total. The van der Waals surface area contributed by atoms with E-state index >= 15 is 0 Å². The van der Waals surface area contributed by atoms with Crippen LogP contribution >= 0.6 is 0 Å². The number of carbonyl (C=O) groups is 1. The van der Waals surface area contributed by atoms with Crippen LogP contribution in [0.3, 0.4) is 0 Å². The molecule has 4 rings (SSSR count). The topological polar surface area (TPSA) is 79.5 Å². The number of nitrogens with zero attached hydrogens (tertiary/aromatic N) is 7. The van der Waals surface area contributed by atoms with Gasteiger partial charge >= 0.3 is 0 Å². The van der Waals surface area contributed by atoms with Gasteiger partial charge in [0.15, 0.2) is 5.82 Å². The Balaban J connectivity index is 1.45. The van der Waals surface area contributed by atoms with E-state index in [2.05, 4.69) is 21.8 Å². The molecule has 2 saturated heterocycles. The van der Waals surface area contributed by atoms with Crippen LogP contribution in [-0.2, 0) is 18.9 Å². The standard InChI is InChI=1S/C20H29N7O2/c1-4-25-11-15(17-13-23(2)14-22-17)16(12-25)19(28)27-9-7-26(8-10-27)18-20(29)24(3)6-5-21-18/h5-6,13-16H,4,7-12H2,1-3H3/t15-,16-/m1/s1. The number of anilines is 1. The summed E-state index contributed by atoms with van der Waals surface area (Å²) in [6.45, 7) is 7.17. The zero-order valence-electron chi connectivity index (χ0n) is 17.4. The van der Waals surface area contributed by atoms with Crippen LogP contribution in [0.15, 0.2) is 29.7 Å². The molecule has 4 heterocycles. The maximum absolute atomic E-state index is 13.4. The quantitative estimate of drug-likeness (QED) is 0.714. The second-order valence-electron chi connectivity index (χ2n) is 8.01. The van der Waals surface area contributed by atoms with Gasteiger partial charge in [0.05, 0.1) is 17.9 Å². The Hall–Kier alpha value is -2.68. The van der Waals surface area contributed by atoms with E-state index in [1.807, 2.05) is 27.6 Å². The van der Waals surface area contributed by atoms with Crippen LogP contribution in [0.1, 0.15) is 18.5 Å². The first kappa shape index (κ1) is 19.6. The van der Waals surface area contributed by atoms with Gasteiger partial charge in [-0.1, -0.05) is 6.92 Å². The number of hydrogen-bond donors (Lipinski definition) is 0. The Morgan fingerprint density at radius 1 is 1.14 bits per heavy atom. The molecule has 2 aliphatic rings. The maximum atomic E-state index is 13.4. The van der Waals surface area contributed by atoms with Crippen molar-refractivity contribution in [1.29, 1.82) is 0 Å². The van der Waals surface area contributed by atoms with Crippen LogP contribution in [-0.4, -0.2) is 80.6 Å². The molecule has 0 radical (unpaired) electrons. The fourth-order valence-corrected chi connectivity index (χ4v) is 4.39. The number of imidazole rings is 1. The summed E-state index contributed by atoms with van der Waals surface area (Å²) in [5.41, 5.74) is 0.897. The van der Waals surface area contributed by atoms with E-state index in [0.717, 1.165) is 25.3 Å².